The van der Waals surface area contributed by atoms with Crippen molar-refractivity contribution in [2.75, 3.05) is 32.8 Å². The molecule has 0 aromatic rings. The van der Waals surface area contributed by atoms with Crippen molar-refractivity contribution in [3.63, 3.8) is 0 Å². The second-order valence-corrected chi connectivity index (χ2v) is 8.10. The topological polar surface area (TPSA) is 126 Å². The number of azide groups is 1. The lowest BCUT2D eigenvalue weighted by molar-refractivity contribution is -0.299. The Morgan fingerprint density at radius 1 is 1.24 bits per heavy atom. The Labute approximate surface area is 172 Å². The Balaban J connectivity index is 2.32. The number of likely N-dealkylation sites (tertiary alicyclic amines) is 1. The lowest BCUT2D eigenvalue weighted by Crippen LogP contribution is -2.44. The summed E-state index contributed by atoms with van der Waals surface area (Å²) in [5.41, 5.74) is 8.28. The predicted octanol–water partition coefficient (Wildman–Crippen LogP) is 3.57. The summed E-state index contributed by atoms with van der Waals surface area (Å²) in [5.74, 6) is 0.231. The van der Waals surface area contributed by atoms with Crippen molar-refractivity contribution in [3.05, 3.63) is 10.4 Å². The molecule has 10 heteroatoms. The first-order valence-electron chi connectivity index (χ1n) is 10.3. The minimum atomic E-state index is -0.710. The van der Waals surface area contributed by atoms with Crippen LogP contribution in [0.25, 0.3) is 10.4 Å². The predicted molar refractivity (Wildman–Crippen MR) is 108 cm³/mol. The molecule has 1 aliphatic heterocycles. The summed E-state index contributed by atoms with van der Waals surface area (Å²) in [6.07, 6.45) is 2.98. The normalized spacial score (nSPS) is 16.1. The SMILES string of the molecule is CCOOCC1CCN(C(=O)[C@H](CCCCNC(=O)OC(C)(C)C)N=[N+]=[N-])CC1. The van der Waals surface area contributed by atoms with Gasteiger partial charge in [-0.2, -0.15) is 0 Å². The standard InChI is InChI=1S/C19H35N5O5/c1-5-27-28-14-15-9-12-24(13-10-15)17(25)16(22-23-20)8-6-7-11-21-18(26)29-19(2,3)4/h15-16H,5-14H2,1-4H3,(H,21,26)/t16-/m0/s1. The van der Waals surface area contributed by atoms with Crippen LogP contribution in [-0.4, -0.2) is 61.4 Å². The summed E-state index contributed by atoms with van der Waals surface area (Å²) in [7, 11) is 0. The zero-order chi connectivity index (χ0) is 21.7. The molecule has 0 unspecified atom stereocenters. The molecule has 1 rings (SSSR count). The van der Waals surface area contributed by atoms with Gasteiger partial charge in [0.1, 0.15) is 11.6 Å². The molecule has 0 spiro atoms. The van der Waals surface area contributed by atoms with Crippen LogP contribution >= 0.6 is 0 Å². The molecular weight excluding hydrogens is 378 g/mol. The van der Waals surface area contributed by atoms with Gasteiger partial charge in [-0.05, 0) is 64.8 Å². The summed E-state index contributed by atoms with van der Waals surface area (Å²) < 4.78 is 5.17. The van der Waals surface area contributed by atoms with Gasteiger partial charge in [0.25, 0.3) is 0 Å². The molecule has 0 saturated carbocycles. The van der Waals surface area contributed by atoms with E-state index in [1.54, 1.807) is 25.7 Å². The average molecular weight is 414 g/mol. The largest absolute Gasteiger partial charge is 0.444 e. The molecule has 0 aromatic carbocycles. The van der Waals surface area contributed by atoms with Gasteiger partial charge >= 0.3 is 6.09 Å². The second-order valence-electron chi connectivity index (χ2n) is 8.10. The van der Waals surface area contributed by atoms with Crippen LogP contribution in [-0.2, 0) is 19.3 Å². The molecule has 2 amide bonds. The number of hydrogen-bond donors (Lipinski definition) is 1. The van der Waals surface area contributed by atoms with Crippen LogP contribution in [0.15, 0.2) is 5.11 Å². The van der Waals surface area contributed by atoms with Gasteiger partial charge in [0.2, 0.25) is 5.91 Å². The fourth-order valence-electron chi connectivity index (χ4n) is 3.02. The van der Waals surface area contributed by atoms with Crippen LogP contribution in [0.2, 0.25) is 0 Å². The maximum atomic E-state index is 12.7. The van der Waals surface area contributed by atoms with E-state index in [0.717, 1.165) is 12.8 Å². The Morgan fingerprint density at radius 3 is 2.52 bits per heavy atom. The van der Waals surface area contributed by atoms with E-state index < -0.39 is 17.7 Å². The second kappa shape index (κ2) is 13.2. The molecule has 1 fully saturated rings. The number of nitrogens with one attached hydrogen (secondary N) is 1. The molecule has 166 valence electrons. The molecule has 1 aliphatic rings. The Hall–Kier alpha value is -2.03. The summed E-state index contributed by atoms with van der Waals surface area (Å²) >= 11 is 0. The first-order valence-corrected chi connectivity index (χ1v) is 10.3. The summed E-state index contributed by atoms with van der Waals surface area (Å²) in [6.45, 7) is 10.0. The smallest absolute Gasteiger partial charge is 0.407 e. The highest BCUT2D eigenvalue weighted by molar-refractivity contribution is 5.82. The van der Waals surface area contributed by atoms with E-state index in [1.165, 1.54) is 0 Å². The number of unbranched alkanes of at least 4 members (excludes halogenated alkanes) is 1. The maximum absolute atomic E-state index is 12.7. The van der Waals surface area contributed by atoms with Crippen LogP contribution in [0.1, 0.15) is 59.8 Å². The molecule has 0 bridgehead atoms. The number of alkyl carbamates (subject to hydrolysis) is 1. The zero-order valence-corrected chi connectivity index (χ0v) is 18.1. The molecular formula is C19H35N5O5. The van der Waals surface area contributed by atoms with Gasteiger partial charge in [-0.15, -0.1) is 0 Å². The van der Waals surface area contributed by atoms with E-state index >= 15 is 0 Å². The Kier molecular flexibility index (Phi) is 11.4. The minimum Gasteiger partial charge on any atom is -0.444 e. The third-order valence-corrected chi connectivity index (χ3v) is 4.48. The van der Waals surface area contributed by atoms with Crippen LogP contribution in [0, 0.1) is 5.92 Å². The monoisotopic (exact) mass is 413 g/mol. The van der Waals surface area contributed by atoms with Crippen LogP contribution < -0.4 is 5.32 Å². The highest BCUT2D eigenvalue weighted by atomic mass is 17.2. The fraction of sp³-hybridized carbons (Fsp3) is 0.895. The first-order chi connectivity index (χ1) is 13.8. The molecule has 0 radical (unpaired) electrons. The molecule has 1 heterocycles. The van der Waals surface area contributed by atoms with E-state index in [2.05, 4.69) is 15.3 Å². The van der Waals surface area contributed by atoms with E-state index in [-0.39, 0.29) is 5.91 Å². The Morgan fingerprint density at radius 2 is 1.93 bits per heavy atom. The number of piperidine rings is 1. The van der Waals surface area contributed by atoms with E-state index in [4.69, 9.17) is 20.0 Å². The number of amides is 2. The first kappa shape index (κ1) is 25.0. The van der Waals surface area contributed by atoms with Gasteiger partial charge in [0, 0.05) is 24.5 Å². The van der Waals surface area contributed by atoms with Gasteiger partial charge < -0.3 is 15.0 Å². The summed E-state index contributed by atoms with van der Waals surface area (Å²) in [4.78, 5) is 38.9. The Bertz CT molecular complexity index is 552. The van der Waals surface area contributed by atoms with Crippen LogP contribution in [0.3, 0.4) is 0 Å². The lowest BCUT2D eigenvalue weighted by Gasteiger charge is -2.33. The molecule has 1 N–H and O–H groups in total. The highest BCUT2D eigenvalue weighted by Crippen LogP contribution is 2.20. The number of carbonyl (C=O) groups excluding carboxylic acids is 2. The van der Waals surface area contributed by atoms with Crippen molar-refractivity contribution in [1.29, 1.82) is 0 Å². The van der Waals surface area contributed by atoms with Crippen molar-refractivity contribution >= 4 is 12.0 Å². The van der Waals surface area contributed by atoms with E-state index in [0.29, 0.717) is 58.0 Å². The van der Waals surface area contributed by atoms with Crippen molar-refractivity contribution in [2.45, 2.75) is 71.4 Å². The minimum absolute atomic E-state index is 0.132. The molecule has 1 saturated heterocycles. The van der Waals surface area contributed by atoms with Gasteiger partial charge in [0.05, 0.1) is 13.2 Å². The fourth-order valence-corrected chi connectivity index (χ4v) is 3.02. The quantitative estimate of drug-likeness (QED) is 0.138. The highest BCUT2D eigenvalue weighted by Gasteiger charge is 2.27. The number of rotatable bonds is 11. The molecule has 0 aromatic heterocycles. The molecule has 10 nitrogen and oxygen atoms in total. The summed E-state index contributed by atoms with van der Waals surface area (Å²) in [5, 5.41) is 6.37. The van der Waals surface area contributed by atoms with Gasteiger partial charge in [-0.3, -0.25) is 4.79 Å². The number of hydrogen-bond acceptors (Lipinski definition) is 6. The van der Waals surface area contributed by atoms with Crippen molar-refractivity contribution in [1.82, 2.24) is 10.2 Å². The van der Waals surface area contributed by atoms with Gasteiger partial charge in [-0.1, -0.05) is 11.5 Å². The van der Waals surface area contributed by atoms with E-state index in [9.17, 15) is 9.59 Å². The molecule has 29 heavy (non-hydrogen) atoms. The maximum Gasteiger partial charge on any atom is 0.407 e. The van der Waals surface area contributed by atoms with Crippen LogP contribution in [0.4, 0.5) is 4.79 Å². The number of nitrogens with zero attached hydrogens (tertiary/aromatic N) is 4. The number of ether oxygens (including phenoxy) is 1. The summed E-state index contributed by atoms with van der Waals surface area (Å²) in [6, 6.07) is -0.710. The molecule has 0 aliphatic carbocycles. The zero-order valence-electron chi connectivity index (χ0n) is 18.1. The third-order valence-electron chi connectivity index (χ3n) is 4.48. The van der Waals surface area contributed by atoms with Crippen molar-refractivity contribution < 1.29 is 24.1 Å². The number of carbonyl (C=O) groups is 2. The average Bonchev–Trinajstić information content (AvgIpc) is 2.66. The molecule has 1 atom stereocenters. The van der Waals surface area contributed by atoms with Crippen molar-refractivity contribution in [2.24, 2.45) is 11.0 Å². The van der Waals surface area contributed by atoms with Crippen LogP contribution in [0.5, 0.6) is 0 Å². The van der Waals surface area contributed by atoms with Gasteiger partial charge in [-0.25, -0.2) is 14.6 Å². The van der Waals surface area contributed by atoms with Crippen molar-refractivity contribution in [3.8, 4) is 0 Å². The van der Waals surface area contributed by atoms with Gasteiger partial charge in [0.15, 0.2) is 0 Å². The third kappa shape index (κ3) is 10.9. The lowest BCUT2D eigenvalue weighted by atomic mass is 9.97. The van der Waals surface area contributed by atoms with E-state index in [1.807, 2.05) is 6.92 Å².